The van der Waals surface area contributed by atoms with Crippen LogP contribution in [0.1, 0.15) is 18.4 Å². The normalized spacial score (nSPS) is 15.5. The Kier molecular flexibility index (Phi) is 6.19. The maximum atomic E-state index is 13.5. The van der Waals surface area contributed by atoms with Crippen LogP contribution < -0.4 is 4.74 Å². The van der Waals surface area contributed by atoms with Gasteiger partial charge in [0.25, 0.3) is 0 Å². The van der Waals surface area contributed by atoms with Crippen LogP contribution in [0.15, 0.2) is 42.5 Å². The van der Waals surface area contributed by atoms with E-state index in [-0.39, 0.29) is 11.1 Å². The Bertz CT molecular complexity index is 792. The van der Waals surface area contributed by atoms with Crippen LogP contribution in [0.4, 0.5) is 9.18 Å². The van der Waals surface area contributed by atoms with Gasteiger partial charge in [0.05, 0.1) is 5.02 Å². The topological polar surface area (TPSA) is 53.0 Å². The molecule has 144 valence electrons. The van der Waals surface area contributed by atoms with Gasteiger partial charge in [-0.1, -0.05) is 23.7 Å². The maximum Gasteiger partial charge on any atom is 0.407 e. The number of piperidine rings is 1. The number of carbonyl (C=O) groups is 1. The Hall–Kier alpha value is -2.31. The first-order chi connectivity index (χ1) is 12.9. The van der Waals surface area contributed by atoms with Gasteiger partial charge in [-0.2, -0.15) is 0 Å². The molecular weight excluding hydrogens is 371 g/mol. The lowest BCUT2D eigenvalue weighted by molar-refractivity contribution is 0.103. The summed E-state index contributed by atoms with van der Waals surface area (Å²) in [5.74, 6) is 0.513. The van der Waals surface area contributed by atoms with Gasteiger partial charge < -0.3 is 14.7 Å². The van der Waals surface area contributed by atoms with Gasteiger partial charge in [0.2, 0.25) is 0 Å². The summed E-state index contributed by atoms with van der Waals surface area (Å²) in [4.78, 5) is 14.8. The average molecular weight is 393 g/mol. The fourth-order valence-corrected chi connectivity index (χ4v) is 3.34. The van der Waals surface area contributed by atoms with E-state index in [1.165, 1.54) is 17.0 Å². The summed E-state index contributed by atoms with van der Waals surface area (Å²) in [6.07, 6.45) is 0.808. The lowest BCUT2D eigenvalue weighted by Crippen LogP contribution is -2.44. The predicted molar refractivity (Wildman–Crippen MR) is 102 cm³/mol. The Morgan fingerprint density at radius 2 is 1.85 bits per heavy atom. The highest BCUT2D eigenvalue weighted by Gasteiger charge is 2.24. The van der Waals surface area contributed by atoms with Gasteiger partial charge in [0, 0.05) is 38.8 Å². The molecule has 7 heteroatoms. The molecule has 1 saturated heterocycles. The molecule has 0 bridgehead atoms. The van der Waals surface area contributed by atoms with Gasteiger partial charge in [-0.15, -0.1) is 0 Å². The molecule has 2 aromatic carbocycles. The highest BCUT2D eigenvalue weighted by Crippen LogP contribution is 2.26. The Morgan fingerprint density at radius 3 is 2.44 bits per heavy atom. The fraction of sp³-hybridized carbons (Fsp3) is 0.350. The molecule has 0 saturated carbocycles. The standard InChI is InChI=1S/C20H22ClFN2O3/c1-23(20(25)26)15-8-10-24(11-9-15)13-14-2-4-16(5-3-14)27-17-6-7-18(21)19(22)12-17/h2-7,12,15H,8-11,13H2,1H3,(H,25,26). The molecule has 0 aromatic heterocycles. The van der Waals surface area contributed by atoms with Crippen LogP contribution in [-0.4, -0.2) is 47.2 Å². The number of amides is 1. The Morgan fingerprint density at radius 1 is 1.22 bits per heavy atom. The van der Waals surface area contributed by atoms with Crippen molar-refractivity contribution in [3.8, 4) is 11.5 Å². The molecule has 1 fully saturated rings. The zero-order valence-corrected chi connectivity index (χ0v) is 15.8. The Labute approximate surface area is 162 Å². The highest BCUT2D eigenvalue weighted by atomic mass is 35.5. The van der Waals surface area contributed by atoms with E-state index in [0.29, 0.717) is 11.5 Å². The minimum absolute atomic E-state index is 0.0658. The fourth-order valence-electron chi connectivity index (χ4n) is 3.22. The summed E-state index contributed by atoms with van der Waals surface area (Å²) >= 11 is 5.67. The minimum Gasteiger partial charge on any atom is -0.465 e. The quantitative estimate of drug-likeness (QED) is 0.790. The third-order valence-corrected chi connectivity index (χ3v) is 5.17. The zero-order valence-electron chi connectivity index (χ0n) is 15.1. The number of carboxylic acid groups (broad SMARTS) is 1. The highest BCUT2D eigenvalue weighted by molar-refractivity contribution is 6.30. The summed E-state index contributed by atoms with van der Waals surface area (Å²) in [5.41, 5.74) is 1.15. The van der Waals surface area contributed by atoms with Crippen LogP contribution in [0.25, 0.3) is 0 Å². The van der Waals surface area contributed by atoms with Crippen molar-refractivity contribution >= 4 is 17.7 Å². The molecular formula is C20H22ClFN2O3. The molecule has 0 unspecified atom stereocenters. The van der Waals surface area contributed by atoms with E-state index in [4.69, 9.17) is 21.4 Å². The van der Waals surface area contributed by atoms with Crippen LogP contribution in [0, 0.1) is 5.82 Å². The number of halogens is 2. The van der Waals surface area contributed by atoms with Gasteiger partial charge >= 0.3 is 6.09 Å². The van der Waals surface area contributed by atoms with Crippen molar-refractivity contribution in [2.45, 2.75) is 25.4 Å². The summed E-state index contributed by atoms with van der Waals surface area (Å²) in [6.45, 7) is 2.54. The second-order valence-corrected chi connectivity index (χ2v) is 7.13. The number of ether oxygens (including phenoxy) is 1. The molecule has 1 heterocycles. The number of benzene rings is 2. The lowest BCUT2D eigenvalue weighted by atomic mass is 10.0. The third kappa shape index (κ3) is 5.11. The average Bonchev–Trinajstić information content (AvgIpc) is 2.66. The van der Waals surface area contributed by atoms with Crippen molar-refractivity contribution in [1.82, 2.24) is 9.80 Å². The molecule has 27 heavy (non-hydrogen) atoms. The number of rotatable bonds is 5. The first-order valence-electron chi connectivity index (χ1n) is 8.82. The van der Waals surface area contributed by atoms with Crippen LogP contribution in [0.3, 0.4) is 0 Å². The third-order valence-electron chi connectivity index (χ3n) is 4.86. The molecule has 2 aromatic rings. The van der Waals surface area contributed by atoms with Gasteiger partial charge in [-0.3, -0.25) is 4.90 Å². The van der Waals surface area contributed by atoms with E-state index < -0.39 is 11.9 Å². The van der Waals surface area contributed by atoms with E-state index in [1.807, 2.05) is 24.3 Å². The number of likely N-dealkylation sites (tertiary alicyclic amines) is 1. The van der Waals surface area contributed by atoms with E-state index in [2.05, 4.69) is 4.90 Å². The molecule has 1 aliphatic rings. The van der Waals surface area contributed by atoms with Crippen molar-refractivity contribution in [2.75, 3.05) is 20.1 Å². The molecule has 1 amide bonds. The van der Waals surface area contributed by atoms with Crippen molar-refractivity contribution in [3.05, 3.63) is 58.9 Å². The lowest BCUT2D eigenvalue weighted by Gasteiger charge is -2.35. The molecule has 0 atom stereocenters. The SMILES string of the molecule is CN(C(=O)O)C1CCN(Cc2ccc(Oc3ccc(Cl)c(F)c3)cc2)CC1. The van der Waals surface area contributed by atoms with Crippen molar-refractivity contribution < 1.29 is 19.0 Å². The first kappa shape index (κ1) is 19.5. The second-order valence-electron chi connectivity index (χ2n) is 6.72. The van der Waals surface area contributed by atoms with Crippen molar-refractivity contribution in [3.63, 3.8) is 0 Å². The van der Waals surface area contributed by atoms with E-state index in [1.54, 1.807) is 13.1 Å². The number of nitrogens with zero attached hydrogens (tertiary/aromatic N) is 2. The predicted octanol–water partition coefficient (Wildman–Crippen LogP) is 4.85. The molecule has 5 nitrogen and oxygen atoms in total. The van der Waals surface area contributed by atoms with Crippen LogP contribution in [0.2, 0.25) is 5.02 Å². The van der Waals surface area contributed by atoms with Crippen LogP contribution in [-0.2, 0) is 6.54 Å². The minimum atomic E-state index is -0.871. The molecule has 0 spiro atoms. The molecule has 1 aliphatic heterocycles. The van der Waals surface area contributed by atoms with E-state index in [9.17, 15) is 9.18 Å². The van der Waals surface area contributed by atoms with Crippen LogP contribution >= 0.6 is 11.6 Å². The summed E-state index contributed by atoms with van der Waals surface area (Å²) < 4.78 is 19.1. The number of hydrogen-bond acceptors (Lipinski definition) is 3. The largest absolute Gasteiger partial charge is 0.465 e. The van der Waals surface area contributed by atoms with E-state index >= 15 is 0 Å². The smallest absolute Gasteiger partial charge is 0.407 e. The second kappa shape index (κ2) is 8.59. The molecule has 1 N–H and O–H groups in total. The van der Waals surface area contributed by atoms with Gasteiger partial charge in [-0.05, 0) is 42.7 Å². The van der Waals surface area contributed by atoms with E-state index in [0.717, 1.165) is 38.0 Å². The van der Waals surface area contributed by atoms with Crippen molar-refractivity contribution in [2.24, 2.45) is 0 Å². The maximum absolute atomic E-state index is 13.5. The summed E-state index contributed by atoms with van der Waals surface area (Å²) in [7, 11) is 1.63. The monoisotopic (exact) mass is 392 g/mol. The molecule has 0 aliphatic carbocycles. The van der Waals surface area contributed by atoms with Gasteiger partial charge in [0.1, 0.15) is 17.3 Å². The number of hydrogen-bond donors (Lipinski definition) is 1. The van der Waals surface area contributed by atoms with Gasteiger partial charge in [0.15, 0.2) is 0 Å². The van der Waals surface area contributed by atoms with Crippen LogP contribution in [0.5, 0.6) is 11.5 Å². The first-order valence-corrected chi connectivity index (χ1v) is 9.20. The van der Waals surface area contributed by atoms with Gasteiger partial charge in [-0.25, -0.2) is 9.18 Å². The summed E-state index contributed by atoms with van der Waals surface area (Å²) in [5, 5.41) is 9.13. The molecule has 0 radical (unpaired) electrons. The summed E-state index contributed by atoms with van der Waals surface area (Å²) in [6, 6.07) is 12.1. The van der Waals surface area contributed by atoms with Crippen molar-refractivity contribution in [1.29, 1.82) is 0 Å². The Balaban J connectivity index is 1.52. The molecule has 3 rings (SSSR count). The zero-order chi connectivity index (χ0) is 19.4.